The third-order valence-corrected chi connectivity index (χ3v) is 20.6. The highest BCUT2D eigenvalue weighted by molar-refractivity contribution is 6.28. The lowest BCUT2D eigenvalue weighted by Gasteiger charge is -2.16. The van der Waals surface area contributed by atoms with Crippen molar-refractivity contribution >= 4 is 87.2 Å². The van der Waals surface area contributed by atoms with E-state index < -0.39 is 0 Å². The Kier molecular flexibility index (Phi) is 15.2. The maximum absolute atomic E-state index is 5.09. The number of rotatable bonds is 11. The molecule has 0 atom stereocenters. The molecule has 0 aliphatic carbocycles. The van der Waals surface area contributed by atoms with Crippen LogP contribution in [-0.2, 0) is 0 Å². The quantitative estimate of drug-likeness (QED) is 0.128. The van der Waals surface area contributed by atoms with Crippen molar-refractivity contribution < 1.29 is 0 Å². The van der Waals surface area contributed by atoms with Gasteiger partial charge in [0.2, 0.25) is 0 Å². The number of aromatic nitrogens is 10. The summed E-state index contributed by atoms with van der Waals surface area (Å²) in [6, 6.07) is 130. The normalized spacial score (nSPS) is 11.6. The van der Waals surface area contributed by atoms with Crippen molar-refractivity contribution in [3.63, 3.8) is 0 Å². The van der Waals surface area contributed by atoms with Gasteiger partial charge in [0.15, 0.2) is 34.9 Å². The van der Waals surface area contributed by atoms with Crippen LogP contribution in [0.2, 0.25) is 0 Å². The van der Waals surface area contributed by atoms with Crippen LogP contribution in [0.25, 0.3) is 189 Å². The monoisotopic (exact) mass is 1370 g/mol. The van der Waals surface area contributed by atoms with Crippen molar-refractivity contribution in [2.75, 3.05) is 0 Å². The Hall–Kier alpha value is -14.5. The summed E-state index contributed by atoms with van der Waals surface area (Å²) in [7, 11) is 0. The fourth-order valence-electron chi connectivity index (χ4n) is 15.9. The molecule has 0 aliphatic rings. The van der Waals surface area contributed by atoms with E-state index in [2.05, 4.69) is 274 Å². The molecule has 10 nitrogen and oxygen atoms in total. The summed E-state index contributed by atoms with van der Waals surface area (Å²) < 4.78 is 9.70. The highest BCUT2D eigenvalue weighted by Crippen LogP contribution is 2.46. The van der Waals surface area contributed by atoms with Gasteiger partial charge in [-0.1, -0.05) is 273 Å². The zero-order valence-electron chi connectivity index (χ0n) is 58.2. The third kappa shape index (κ3) is 10.7. The summed E-state index contributed by atoms with van der Waals surface area (Å²) >= 11 is 0. The van der Waals surface area contributed by atoms with E-state index in [0.717, 1.165) is 89.4 Å². The molecule has 0 saturated carbocycles. The van der Waals surface area contributed by atoms with E-state index in [9.17, 15) is 0 Å². The van der Waals surface area contributed by atoms with Gasteiger partial charge in [-0.25, -0.2) is 29.9 Å². The Bertz CT molecular complexity index is 6860. The highest BCUT2D eigenvalue weighted by Gasteiger charge is 2.26. The molecule has 6 aromatic heterocycles. The minimum atomic E-state index is 0.623. The molecule has 0 unspecified atom stereocenters. The van der Waals surface area contributed by atoms with E-state index in [1.165, 1.54) is 70.7 Å². The van der Waals surface area contributed by atoms with Gasteiger partial charge in [-0.05, 0) is 115 Å². The summed E-state index contributed by atoms with van der Waals surface area (Å²) in [6.45, 7) is 2.18. The molecule has 502 valence electrons. The van der Waals surface area contributed by atoms with Crippen LogP contribution in [0.15, 0.2) is 370 Å². The average Bonchev–Trinajstić information content (AvgIpc) is 1.55. The first kappa shape index (κ1) is 62.3. The molecular formula is C97H64N10. The van der Waals surface area contributed by atoms with Gasteiger partial charge in [0.05, 0.1) is 49.8 Å². The van der Waals surface area contributed by atoms with E-state index in [1.807, 2.05) is 121 Å². The second-order valence-corrected chi connectivity index (χ2v) is 27.0. The minimum absolute atomic E-state index is 0.623. The maximum atomic E-state index is 5.09. The molecule has 0 N–H and O–H groups in total. The van der Waals surface area contributed by atoms with Crippen LogP contribution in [0, 0.1) is 6.92 Å². The number of para-hydroxylation sites is 6. The van der Waals surface area contributed by atoms with Crippen molar-refractivity contribution in [1.82, 2.24) is 48.2 Å². The van der Waals surface area contributed by atoms with E-state index in [-0.39, 0.29) is 0 Å². The predicted octanol–water partition coefficient (Wildman–Crippen LogP) is 24.1. The molecule has 21 aromatic rings. The van der Waals surface area contributed by atoms with Crippen LogP contribution in [0.4, 0.5) is 0 Å². The lowest BCUT2D eigenvalue weighted by atomic mass is 10.00. The molecule has 21 rings (SSSR count). The van der Waals surface area contributed by atoms with Gasteiger partial charge in [-0.2, -0.15) is 0 Å². The molecule has 0 saturated heterocycles. The lowest BCUT2D eigenvalue weighted by molar-refractivity contribution is 1.07. The Morgan fingerprint density at radius 2 is 0.486 bits per heavy atom. The first-order valence-corrected chi connectivity index (χ1v) is 36.1. The van der Waals surface area contributed by atoms with Gasteiger partial charge < -0.3 is 18.3 Å². The van der Waals surface area contributed by atoms with Crippen LogP contribution in [0.3, 0.4) is 0 Å². The number of nitrogens with zero attached hydrogens (tertiary/aromatic N) is 10. The van der Waals surface area contributed by atoms with Crippen LogP contribution in [-0.4, -0.2) is 48.2 Å². The van der Waals surface area contributed by atoms with Crippen molar-refractivity contribution in [2.24, 2.45) is 0 Å². The molecule has 0 bridgehead atoms. The standard InChI is InChI=1S/C51H33N5.C46H31N5/c1-5-17-34(18-6-1)42-33-37(51-53-49(35-19-7-2-8-20-35)52-50(54-51)36-21-9-3-10-22-36)29-31-45(42)56-44-28-16-14-26-41(44)47-46(56)32-30-40-39-25-13-15-27-43(39)55(48(40)47)38-23-11-4-12-24-38;1-30-29-33(46-48-44(31-15-5-2-6-16-31)47-45(49-46)32-17-7-3-8-18-32)25-27-38(30)51-40-24-14-12-22-37(40)42-41(51)28-26-36-35-21-11-13-23-39(35)50(43(36)42)34-19-9-4-10-20-34/h1-33H;2-29H,1H3. The number of aryl methyl sites for hydroxylation is 1. The largest absolute Gasteiger partial charge is 0.309 e. The molecule has 107 heavy (non-hydrogen) atoms. The van der Waals surface area contributed by atoms with Crippen LogP contribution < -0.4 is 0 Å². The summed E-state index contributed by atoms with van der Waals surface area (Å²) in [5.41, 5.74) is 22.9. The number of hydrogen-bond acceptors (Lipinski definition) is 6. The number of fused-ring (bicyclic) bond motifs is 14. The van der Waals surface area contributed by atoms with Crippen molar-refractivity contribution in [3.8, 4) is 102 Å². The first-order valence-electron chi connectivity index (χ1n) is 36.1. The van der Waals surface area contributed by atoms with Gasteiger partial charge in [0.25, 0.3) is 0 Å². The van der Waals surface area contributed by atoms with E-state index in [4.69, 9.17) is 29.9 Å². The zero-order valence-corrected chi connectivity index (χ0v) is 58.2. The molecule has 0 aliphatic heterocycles. The Morgan fingerprint density at radius 3 is 0.860 bits per heavy atom. The molecule has 10 heteroatoms. The molecule has 15 aromatic carbocycles. The van der Waals surface area contributed by atoms with Crippen molar-refractivity contribution in [3.05, 3.63) is 376 Å². The molecular weight excluding hydrogens is 1310 g/mol. The number of benzene rings is 15. The Labute approximate surface area is 616 Å². The zero-order chi connectivity index (χ0) is 70.9. The van der Waals surface area contributed by atoms with Gasteiger partial charge in [-0.3, -0.25) is 0 Å². The molecule has 0 fully saturated rings. The van der Waals surface area contributed by atoms with E-state index >= 15 is 0 Å². The van der Waals surface area contributed by atoms with Gasteiger partial charge >= 0.3 is 0 Å². The van der Waals surface area contributed by atoms with Crippen LogP contribution >= 0.6 is 0 Å². The first-order chi connectivity index (χ1) is 53.0. The summed E-state index contributed by atoms with van der Waals surface area (Å²) in [5.74, 6) is 3.86. The molecule has 0 spiro atoms. The van der Waals surface area contributed by atoms with Crippen molar-refractivity contribution in [1.29, 1.82) is 0 Å². The topological polar surface area (TPSA) is 97.1 Å². The summed E-state index contributed by atoms with van der Waals surface area (Å²) in [4.78, 5) is 30.0. The molecule has 0 amide bonds. The fourth-order valence-corrected chi connectivity index (χ4v) is 15.9. The van der Waals surface area contributed by atoms with Gasteiger partial charge in [-0.15, -0.1) is 0 Å². The summed E-state index contributed by atoms with van der Waals surface area (Å²) in [5, 5.41) is 9.85. The third-order valence-electron chi connectivity index (χ3n) is 20.6. The van der Waals surface area contributed by atoms with E-state index in [0.29, 0.717) is 34.9 Å². The van der Waals surface area contributed by atoms with E-state index in [1.54, 1.807) is 0 Å². The average molecular weight is 1370 g/mol. The maximum Gasteiger partial charge on any atom is 0.164 e. The van der Waals surface area contributed by atoms with Crippen LogP contribution in [0.5, 0.6) is 0 Å². The second kappa shape index (κ2) is 26.1. The van der Waals surface area contributed by atoms with Crippen LogP contribution in [0.1, 0.15) is 5.56 Å². The van der Waals surface area contributed by atoms with Crippen molar-refractivity contribution in [2.45, 2.75) is 6.92 Å². The Morgan fingerprint density at radius 1 is 0.196 bits per heavy atom. The van der Waals surface area contributed by atoms with Gasteiger partial charge in [0, 0.05) is 99.1 Å². The molecule has 0 radical (unpaired) electrons. The second-order valence-electron chi connectivity index (χ2n) is 27.0. The minimum Gasteiger partial charge on any atom is -0.309 e. The fraction of sp³-hybridized carbons (Fsp3) is 0.0103. The summed E-state index contributed by atoms with van der Waals surface area (Å²) in [6.07, 6.45) is 0. The molecule has 6 heterocycles. The SMILES string of the molecule is Cc1cc(-c2nc(-c3ccccc3)nc(-c3ccccc3)n2)ccc1-n1c2ccccc2c2c1ccc1c3ccccc3n(-c3ccccc3)c12.c1ccc(-c2nc(-c3ccccc3)nc(-c3ccc(-n4c5ccccc5c5c4ccc4c6ccccc6n(-c6ccccc6)c45)c(-c4ccccc4)c3)n2)cc1. The Balaban J connectivity index is 0.000000142. The predicted molar refractivity (Wildman–Crippen MR) is 440 cm³/mol. The number of hydrogen-bond donors (Lipinski definition) is 0. The smallest absolute Gasteiger partial charge is 0.164 e. The van der Waals surface area contributed by atoms with Gasteiger partial charge in [0.1, 0.15) is 0 Å². The lowest BCUT2D eigenvalue weighted by Crippen LogP contribution is -2.02. The highest BCUT2D eigenvalue weighted by atomic mass is 15.1.